The van der Waals surface area contributed by atoms with Gasteiger partial charge in [-0.15, -0.1) is 0 Å². The fourth-order valence-corrected chi connectivity index (χ4v) is 0.646. The van der Waals surface area contributed by atoms with Gasteiger partial charge in [0.1, 0.15) is 0 Å². The van der Waals surface area contributed by atoms with Crippen molar-refractivity contribution in [2.45, 2.75) is 46.3 Å². The lowest BCUT2D eigenvalue weighted by Crippen LogP contribution is -2.51. The zero-order valence-electron chi connectivity index (χ0n) is 9.63. The molecule has 0 radical (unpaired) electrons. The second-order valence-electron chi connectivity index (χ2n) is 4.51. The monoisotopic (exact) mass is 203 g/mol. The highest BCUT2D eigenvalue weighted by molar-refractivity contribution is 5.68. The summed E-state index contributed by atoms with van der Waals surface area (Å²) in [6.07, 6.45) is -1.10. The first-order valence-corrected chi connectivity index (χ1v) is 4.88. The number of alkyl carbamates (subject to hydrolysis) is 1. The zero-order chi connectivity index (χ0) is 11.4. The standard InChI is InChI=1S/C10H21NO3/c1-7(2)6-14-9(13)11-10(4,5)8(3)12/h7-8,12H,6H2,1-5H3,(H,11,13). The normalized spacial score (nSPS) is 13.9. The number of carbonyl (C=O) groups excluding carboxylic acids is 1. The highest BCUT2D eigenvalue weighted by Crippen LogP contribution is 2.08. The molecule has 1 amide bonds. The molecule has 0 rings (SSSR count). The highest BCUT2D eigenvalue weighted by Gasteiger charge is 2.26. The van der Waals surface area contributed by atoms with Crippen LogP contribution in [-0.2, 0) is 4.74 Å². The molecule has 0 aromatic carbocycles. The van der Waals surface area contributed by atoms with Gasteiger partial charge in [-0.05, 0) is 26.7 Å². The van der Waals surface area contributed by atoms with E-state index in [-0.39, 0.29) is 0 Å². The van der Waals surface area contributed by atoms with E-state index in [2.05, 4.69) is 5.32 Å². The number of amides is 1. The minimum absolute atomic E-state index is 0.315. The third kappa shape index (κ3) is 5.07. The average Bonchev–Trinajstić information content (AvgIpc) is 1.99. The number of hydrogen-bond donors (Lipinski definition) is 2. The Kier molecular flexibility index (Phi) is 4.91. The minimum Gasteiger partial charge on any atom is -0.449 e. The van der Waals surface area contributed by atoms with Gasteiger partial charge in [-0.3, -0.25) is 0 Å². The van der Waals surface area contributed by atoms with Gasteiger partial charge in [0, 0.05) is 0 Å². The molecule has 0 bridgehead atoms. The molecule has 0 fully saturated rings. The predicted octanol–water partition coefficient (Wildman–Crippen LogP) is 1.53. The molecule has 1 unspecified atom stereocenters. The Labute approximate surface area is 85.6 Å². The van der Waals surface area contributed by atoms with Gasteiger partial charge in [-0.1, -0.05) is 13.8 Å². The molecule has 0 saturated carbocycles. The molecule has 4 heteroatoms. The SMILES string of the molecule is CC(C)COC(=O)NC(C)(C)C(C)O. The Morgan fingerprint density at radius 1 is 1.43 bits per heavy atom. The van der Waals surface area contributed by atoms with E-state index >= 15 is 0 Å². The van der Waals surface area contributed by atoms with Crippen LogP contribution in [0.4, 0.5) is 4.79 Å². The molecule has 0 saturated heterocycles. The van der Waals surface area contributed by atoms with Gasteiger partial charge in [0.05, 0.1) is 18.2 Å². The van der Waals surface area contributed by atoms with Gasteiger partial charge >= 0.3 is 6.09 Å². The average molecular weight is 203 g/mol. The van der Waals surface area contributed by atoms with Gasteiger partial charge in [0.15, 0.2) is 0 Å². The van der Waals surface area contributed by atoms with E-state index in [0.29, 0.717) is 12.5 Å². The number of rotatable bonds is 4. The second-order valence-corrected chi connectivity index (χ2v) is 4.51. The van der Waals surface area contributed by atoms with Crippen LogP contribution in [0.2, 0.25) is 0 Å². The number of hydrogen-bond acceptors (Lipinski definition) is 3. The molecule has 14 heavy (non-hydrogen) atoms. The third-order valence-corrected chi connectivity index (χ3v) is 2.02. The molecule has 4 nitrogen and oxygen atoms in total. The lowest BCUT2D eigenvalue weighted by Gasteiger charge is -2.28. The lowest BCUT2D eigenvalue weighted by molar-refractivity contribution is 0.0769. The molecule has 1 atom stereocenters. The summed E-state index contributed by atoms with van der Waals surface area (Å²) in [5.41, 5.74) is -0.659. The van der Waals surface area contributed by atoms with Crippen LogP contribution in [-0.4, -0.2) is 29.4 Å². The van der Waals surface area contributed by atoms with Crippen molar-refractivity contribution in [1.29, 1.82) is 0 Å². The van der Waals surface area contributed by atoms with E-state index in [1.54, 1.807) is 20.8 Å². The molecule has 0 aliphatic carbocycles. The van der Waals surface area contributed by atoms with Crippen molar-refractivity contribution in [3.8, 4) is 0 Å². The van der Waals surface area contributed by atoms with E-state index in [4.69, 9.17) is 4.74 Å². The smallest absolute Gasteiger partial charge is 0.407 e. The van der Waals surface area contributed by atoms with Crippen molar-refractivity contribution >= 4 is 6.09 Å². The fraction of sp³-hybridized carbons (Fsp3) is 0.900. The van der Waals surface area contributed by atoms with E-state index in [1.165, 1.54) is 0 Å². The predicted molar refractivity (Wildman–Crippen MR) is 55.1 cm³/mol. The topological polar surface area (TPSA) is 58.6 Å². The molecule has 0 aliphatic heterocycles. The number of nitrogens with one attached hydrogen (secondary N) is 1. The highest BCUT2D eigenvalue weighted by atomic mass is 16.5. The van der Waals surface area contributed by atoms with Crippen LogP contribution in [0.25, 0.3) is 0 Å². The summed E-state index contributed by atoms with van der Waals surface area (Å²) >= 11 is 0. The van der Waals surface area contributed by atoms with Gasteiger partial charge in [-0.25, -0.2) is 4.79 Å². The van der Waals surface area contributed by atoms with E-state index in [9.17, 15) is 9.90 Å². The number of ether oxygens (including phenoxy) is 1. The van der Waals surface area contributed by atoms with Gasteiger partial charge in [-0.2, -0.15) is 0 Å². The molecule has 0 heterocycles. The van der Waals surface area contributed by atoms with Crippen molar-refractivity contribution in [2.75, 3.05) is 6.61 Å². The summed E-state index contributed by atoms with van der Waals surface area (Å²) in [5.74, 6) is 0.315. The molecule has 0 spiro atoms. The van der Waals surface area contributed by atoms with Crippen LogP contribution in [0, 0.1) is 5.92 Å². The third-order valence-electron chi connectivity index (χ3n) is 2.02. The maximum Gasteiger partial charge on any atom is 0.407 e. The Bertz CT molecular complexity index is 188. The van der Waals surface area contributed by atoms with Crippen molar-refractivity contribution < 1.29 is 14.6 Å². The molecular formula is C10H21NO3. The molecule has 0 aliphatic rings. The fourth-order valence-electron chi connectivity index (χ4n) is 0.646. The number of carbonyl (C=O) groups is 1. The molecule has 0 aromatic rings. The zero-order valence-corrected chi connectivity index (χ0v) is 9.63. The van der Waals surface area contributed by atoms with E-state index in [0.717, 1.165) is 0 Å². The Morgan fingerprint density at radius 2 is 1.93 bits per heavy atom. The quantitative estimate of drug-likeness (QED) is 0.728. The first-order valence-electron chi connectivity index (χ1n) is 4.88. The van der Waals surface area contributed by atoms with Crippen molar-refractivity contribution in [3.05, 3.63) is 0 Å². The summed E-state index contributed by atoms with van der Waals surface area (Å²) in [6, 6.07) is 0. The van der Waals surface area contributed by atoms with E-state index in [1.807, 2.05) is 13.8 Å². The first-order chi connectivity index (χ1) is 6.25. The first kappa shape index (κ1) is 13.2. The van der Waals surface area contributed by atoms with Gasteiger partial charge in [0.2, 0.25) is 0 Å². The van der Waals surface area contributed by atoms with Crippen LogP contribution in [0.15, 0.2) is 0 Å². The summed E-state index contributed by atoms with van der Waals surface area (Å²) in [7, 11) is 0. The van der Waals surface area contributed by atoms with Gasteiger partial charge < -0.3 is 15.2 Å². The molecule has 2 N–H and O–H groups in total. The van der Waals surface area contributed by atoms with Gasteiger partial charge in [0.25, 0.3) is 0 Å². The van der Waals surface area contributed by atoms with Crippen LogP contribution in [0.1, 0.15) is 34.6 Å². The lowest BCUT2D eigenvalue weighted by atomic mass is 9.99. The maximum atomic E-state index is 11.2. The Morgan fingerprint density at radius 3 is 2.29 bits per heavy atom. The molecular weight excluding hydrogens is 182 g/mol. The Hall–Kier alpha value is -0.770. The summed E-state index contributed by atoms with van der Waals surface area (Å²) < 4.78 is 4.93. The summed E-state index contributed by atoms with van der Waals surface area (Å²) in [6.45, 7) is 9.44. The van der Waals surface area contributed by atoms with Crippen molar-refractivity contribution in [3.63, 3.8) is 0 Å². The largest absolute Gasteiger partial charge is 0.449 e. The maximum absolute atomic E-state index is 11.2. The van der Waals surface area contributed by atoms with E-state index < -0.39 is 17.7 Å². The summed E-state index contributed by atoms with van der Waals surface area (Å²) in [4.78, 5) is 11.2. The minimum atomic E-state index is -0.659. The van der Waals surface area contributed by atoms with Crippen molar-refractivity contribution in [2.24, 2.45) is 5.92 Å². The summed E-state index contributed by atoms with van der Waals surface area (Å²) in [5, 5.41) is 11.9. The Balaban J connectivity index is 3.94. The molecule has 84 valence electrons. The van der Waals surface area contributed by atoms with Crippen LogP contribution in [0.5, 0.6) is 0 Å². The second kappa shape index (κ2) is 5.20. The number of aliphatic hydroxyl groups excluding tert-OH is 1. The molecule has 0 aromatic heterocycles. The van der Waals surface area contributed by atoms with Crippen LogP contribution >= 0.6 is 0 Å². The van der Waals surface area contributed by atoms with Crippen LogP contribution in [0.3, 0.4) is 0 Å². The van der Waals surface area contributed by atoms with Crippen molar-refractivity contribution in [1.82, 2.24) is 5.32 Å². The van der Waals surface area contributed by atoms with Crippen LogP contribution < -0.4 is 5.32 Å². The number of aliphatic hydroxyl groups is 1.